The van der Waals surface area contributed by atoms with Crippen molar-refractivity contribution in [2.45, 2.75) is 37.0 Å². The van der Waals surface area contributed by atoms with Crippen LogP contribution in [0.15, 0.2) is 213 Å². The predicted octanol–water partition coefficient (Wildman–Crippen LogP) is 18.6. The second-order valence-electron chi connectivity index (χ2n) is 19.7. The molecule has 12 rings (SSSR count). The molecule has 424 valence electrons. The third-order valence-corrected chi connectivity index (χ3v) is 14.2. The lowest BCUT2D eigenvalue weighted by Gasteiger charge is -2.23. The highest BCUT2D eigenvalue weighted by Crippen LogP contribution is 2.44. The molecule has 0 radical (unpaired) electrons. The summed E-state index contributed by atoms with van der Waals surface area (Å²) in [7, 11) is 0. The van der Waals surface area contributed by atoms with E-state index in [2.05, 4.69) is 30.6 Å². The van der Waals surface area contributed by atoms with Crippen molar-refractivity contribution < 1.29 is 65.9 Å². The zero-order valence-electron chi connectivity index (χ0n) is 43.3. The summed E-state index contributed by atoms with van der Waals surface area (Å²) >= 11 is 0. The van der Waals surface area contributed by atoms with E-state index in [0.717, 1.165) is 65.2 Å². The van der Waals surface area contributed by atoms with Gasteiger partial charge < -0.3 is 13.3 Å². The fourth-order valence-corrected chi connectivity index (χ4v) is 9.94. The van der Waals surface area contributed by atoms with Gasteiger partial charge in [-0.15, -0.1) is 30.6 Å². The van der Waals surface area contributed by atoms with Crippen molar-refractivity contribution in [3.63, 3.8) is 0 Å². The Morgan fingerprint density at radius 3 is 1.01 bits per heavy atom. The average molecular weight is 1170 g/mol. The Morgan fingerprint density at radius 1 is 0.294 bits per heavy atom. The third-order valence-electron chi connectivity index (χ3n) is 14.2. The van der Waals surface area contributed by atoms with Crippen LogP contribution in [0, 0.1) is 0 Å². The molecule has 1 aliphatic carbocycles. The molecule has 21 heteroatoms. The van der Waals surface area contributed by atoms with E-state index >= 15 is 0 Å². The zero-order chi connectivity index (χ0) is 59.4. The minimum absolute atomic E-state index is 0.00553. The van der Waals surface area contributed by atoms with Crippen molar-refractivity contribution in [2.24, 2.45) is 0 Å². The fourth-order valence-electron chi connectivity index (χ4n) is 9.94. The van der Waals surface area contributed by atoms with Gasteiger partial charge in [0.15, 0.2) is 0 Å². The Morgan fingerprint density at radius 2 is 0.600 bits per heavy atom. The summed E-state index contributed by atoms with van der Waals surface area (Å²) in [5, 5.41) is 24.7. The van der Waals surface area contributed by atoms with Gasteiger partial charge in [0.1, 0.15) is 0 Å². The molecular formula is C64H36F12N6O3. The highest BCUT2D eigenvalue weighted by atomic mass is 19.4. The second kappa shape index (κ2) is 21.5. The summed E-state index contributed by atoms with van der Waals surface area (Å²) in [4.78, 5) is 0. The molecule has 0 N–H and O–H groups in total. The van der Waals surface area contributed by atoms with Gasteiger partial charge in [-0.3, -0.25) is 0 Å². The number of nitrogens with zero attached hydrogens (tertiary/aromatic N) is 6. The lowest BCUT2D eigenvalue weighted by atomic mass is 9.80. The molecule has 0 saturated heterocycles. The van der Waals surface area contributed by atoms with Gasteiger partial charge in [-0.25, -0.2) is 0 Å². The van der Waals surface area contributed by atoms with Crippen LogP contribution in [0.3, 0.4) is 0 Å². The van der Waals surface area contributed by atoms with Crippen molar-refractivity contribution in [1.82, 2.24) is 30.6 Å². The van der Waals surface area contributed by atoms with E-state index in [4.69, 9.17) is 13.3 Å². The monoisotopic (exact) mass is 1160 g/mol. The maximum Gasteiger partial charge on any atom is 0.416 e. The molecule has 3 heterocycles. The van der Waals surface area contributed by atoms with Gasteiger partial charge in [0.2, 0.25) is 35.3 Å². The van der Waals surface area contributed by atoms with Crippen molar-refractivity contribution in [2.75, 3.05) is 0 Å². The Hall–Kier alpha value is -10.2. The van der Waals surface area contributed by atoms with Crippen LogP contribution in [0.5, 0.6) is 0 Å². The Kier molecular flexibility index (Phi) is 14.0. The predicted molar refractivity (Wildman–Crippen MR) is 289 cm³/mol. The molecule has 1 atom stereocenters. The van der Waals surface area contributed by atoms with E-state index < -0.39 is 52.9 Å². The standard InChI is InChI=1S/C64H36F12N6O3/c65-61(66,67)48-12-2-6-39(30-48)41-25-24-40(28-41)35-16-18-36(19-17-35)54(37-20-22-38(23-21-37)55-77-79-57(83-55)44-9-3-13-49(31-44)62(68,69)70)52-27-26-47(60-82-81-59(85-60)46-11-5-15-51(33-46)64(74,75)76)34-53(52)42-7-1-8-43(29-42)56-78-80-58(84-56)45-10-4-14-50(32-45)63(71,72)73/h1-27,29-34,54H,28H2/t54-/m0/s1. The molecule has 85 heavy (non-hydrogen) atoms. The fraction of sp³-hybridized carbons (Fsp3) is 0.0938. The van der Waals surface area contributed by atoms with Gasteiger partial charge in [-0.2, -0.15) is 52.7 Å². The van der Waals surface area contributed by atoms with E-state index in [1.54, 1.807) is 78.9 Å². The van der Waals surface area contributed by atoms with E-state index in [-0.39, 0.29) is 52.0 Å². The number of alkyl halides is 12. The van der Waals surface area contributed by atoms with Gasteiger partial charge in [0, 0.05) is 39.3 Å². The molecule has 0 spiro atoms. The summed E-state index contributed by atoms with van der Waals surface area (Å²) in [5.41, 5.74) is 3.53. The quantitative estimate of drug-likeness (QED) is 0.0871. The van der Waals surface area contributed by atoms with Crippen LogP contribution in [0.4, 0.5) is 52.7 Å². The van der Waals surface area contributed by atoms with Crippen LogP contribution in [0.25, 0.3) is 91.0 Å². The minimum atomic E-state index is -4.66. The number of rotatable bonds is 12. The van der Waals surface area contributed by atoms with Gasteiger partial charge in [-0.1, -0.05) is 97.1 Å². The number of benzene rings is 8. The minimum Gasteiger partial charge on any atom is -0.416 e. The third kappa shape index (κ3) is 11.6. The SMILES string of the molecule is FC(F)(F)c1cccc(C2=CC=C(c3ccc([C@@H](c4ccc(-c5nnc(-c6cccc(C(F)(F)F)c6)o5)cc4)c4ccc(-c5nnc(-c6cccc(C(F)(F)F)c6)o5)cc4-c4cccc(-c5nnc(-c6cccc(C(F)(F)F)c6)o5)c4)cc3)C2)c1. The van der Waals surface area contributed by atoms with Crippen molar-refractivity contribution >= 4 is 11.1 Å². The van der Waals surface area contributed by atoms with Gasteiger partial charge in [-0.05, 0) is 160 Å². The van der Waals surface area contributed by atoms with E-state index in [1.807, 2.05) is 30.3 Å². The van der Waals surface area contributed by atoms with Crippen LogP contribution in [-0.4, -0.2) is 30.6 Å². The number of allylic oxidation sites excluding steroid dienone is 4. The van der Waals surface area contributed by atoms with Gasteiger partial charge >= 0.3 is 24.7 Å². The molecule has 8 aromatic carbocycles. The van der Waals surface area contributed by atoms with Crippen molar-refractivity contribution in [1.29, 1.82) is 0 Å². The number of hydrogen-bond donors (Lipinski definition) is 0. The lowest BCUT2D eigenvalue weighted by Crippen LogP contribution is -2.06. The van der Waals surface area contributed by atoms with E-state index in [0.29, 0.717) is 56.5 Å². The zero-order valence-corrected chi connectivity index (χ0v) is 43.3. The Labute approximate surface area is 473 Å². The van der Waals surface area contributed by atoms with Crippen LogP contribution in [0.1, 0.15) is 62.4 Å². The largest absolute Gasteiger partial charge is 0.416 e. The maximum absolute atomic E-state index is 13.8. The van der Waals surface area contributed by atoms with Crippen molar-refractivity contribution in [3.05, 3.63) is 250 Å². The van der Waals surface area contributed by atoms with E-state index in [1.165, 1.54) is 42.5 Å². The number of hydrogen-bond acceptors (Lipinski definition) is 9. The molecule has 0 amide bonds. The van der Waals surface area contributed by atoms with E-state index in [9.17, 15) is 52.7 Å². The topological polar surface area (TPSA) is 117 Å². The average Bonchev–Trinajstić information content (AvgIpc) is 4.53. The molecule has 0 bridgehead atoms. The molecule has 0 aliphatic heterocycles. The second-order valence-corrected chi connectivity index (χ2v) is 19.7. The molecule has 3 aromatic heterocycles. The summed E-state index contributed by atoms with van der Waals surface area (Å²) < 4.78 is 182. The van der Waals surface area contributed by atoms with Crippen LogP contribution in [-0.2, 0) is 24.7 Å². The van der Waals surface area contributed by atoms with Gasteiger partial charge in [0.05, 0.1) is 22.3 Å². The lowest BCUT2D eigenvalue weighted by molar-refractivity contribution is -0.138. The molecule has 11 aromatic rings. The number of aromatic nitrogens is 6. The smallest absolute Gasteiger partial charge is 0.416 e. The van der Waals surface area contributed by atoms with Crippen LogP contribution >= 0.6 is 0 Å². The van der Waals surface area contributed by atoms with Gasteiger partial charge in [0.25, 0.3) is 0 Å². The highest BCUT2D eigenvalue weighted by molar-refractivity contribution is 5.87. The van der Waals surface area contributed by atoms with Crippen LogP contribution < -0.4 is 0 Å². The summed E-state index contributed by atoms with van der Waals surface area (Å²) in [6, 6.07) is 45.1. The first-order chi connectivity index (χ1) is 40.6. The normalized spacial score (nSPS) is 13.5. The summed E-state index contributed by atoms with van der Waals surface area (Å²) in [6.07, 6.45) is -14.5. The first-order valence-corrected chi connectivity index (χ1v) is 25.7. The summed E-state index contributed by atoms with van der Waals surface area (Å²) in [5.74, 6) is -1.30. The molecule has 0 saturated carbocycles. The molecule has 0 fully saturated rings. The van der Waals surface area contributed by atoms with Crippen LogP contribution in [0.2, 0.25) is 0 Å². The molecule has 9 nitrogen and oxygen atoms in total. The van der Waals surface area contributed by atoms with Crippen molar-refractivity contribution in [3.8, 4) is 79.9 Å². The first-order valence-electron chi connectivity index (χ1n) is 25.7. The molecule has 1 aliphatic rings. The summed E-state index contributed by atoms with van der Waals surface area (Å²) in [6.45, 7) is 0. The highest BCUT2D eigenvalue weighted by Gasteiger charge is 2.34. The molecular weight excluding hydrogens is 1130 g/mol. The maximum atomic E-state index is 13.8. The number of halogens is 12. The Balaban J connectivity index is 0.960. The Bertz CT molecular complexity index is 4360. The molecule has 0 unspecified atom stereocenters. The first kappa shape index (κ1) is 55.4.